The molecule has 0 spiro atoms. The van der Waals surface area contributed by atoms with Gasteiger partial charge >= 0.3 is 0 Å². The van der Waals surface area contributed by atoms with Gasteiger partial charge in [-0.25, -0.2) is 0 Å². The summed E-state index contributed by atoms with van der Waals surface area (Å²) in [5.74, 6) is 0.430. The lowest BCUT2D eigenvalue weighted by molar-refractivity contribution is 0.276. The summed E-state index contributed by atoms with van der Waals surface area (Å²) in [6.45, 7) is 14.5. The molecule has 0 saturated carbocycles. The number of hydrogen-bond acceptors (Lipinski definition) is 2. The minimum atomic E-state index is -1.65. The van der Waals surface area contributed by atoms with E-state index in [-0.39, 0.29) is 5.04 Å². The van der Waals surface area contributed by atoms with Crippen LogP contribution in [-0.4, -0.2) is 19.9 Å². The van der Waals surface area contributed by atoms with Gasteiger partial charge in [-0.15, -0.1) is 0 Å². The SMILES string of the molecule is CC(CCCO[Si](C)(C)C(C)(C)C)c1cc(C#N)c2[nH]ccc2c1. The number of H-pyrrole nitrogens is 1. The molecule has 0 fully saturated rings. The van der Waals surface area contributed by atoms with Gasteiger partial charge in [0.15, 0.2) is 8.32 Å². The van der Waals surface area contributed by atoms with E-state index in [9.17, 15) is 5.26 Å². The summed E-state index contributed by atoms with van der Waals surface area (Å²) in [5, 5.41) is 10.7. The fourth-order valence-corrected chi connectivity index (χ4v) is 3.76. The van der Waals surface area contributed by atoms with Crippen molar-refractivity contribution < 1.29 is 4.43 Å². The van der Waals surface area contributed by atoms with Gasteiger partial charge in [-0.2, -0.15) is 5.26 Å². The number of nitrogens with zero attached hydrogens (tertiary/aromatic N) is 1. The van der Waals surface area contributed by atoms with Gasteiger partial charge < -0.3 is 9.41 Å². The quantitative estimate of drug-likeness (QED) is 0.521. The summed E-state index contributed by atoms with van der Waals surface area (Å²) in [6, 6.07) is 8.57. The lowest BCUT2D eigenvalue weighted by Crippen LogP contribution is -2.40. The van der Waals surface area contributed by atoms with Crippen LogP contribution in [0.4, 0.5) is 0 Å². The molecule has 24 heavy (non-hydrogen) atoms. The predicted molar refractivity (Wildman–Crippen MR) is 104 cm³/mol. The third kappa shape index (κ3) is 4.09. The maximum absolute atomic E-state index is 9.35. The fraction of sp³-hybridized carbons (Fsp3) is 0.550. The van der Waals surface area contributed by atoms with Crippen LogP contribution in [0, 0.1) is 11.3 Å². The van der Waals surface area contributed by atoms with E-state index in [0.29, 0.717) is 5.92 Å². The summed E-state index contributed by atoms with van der Waals surface area (Å²) >= 11 is 0. The van der Waals surface area contributed by atoms with Crippen molar-refractivity contribution in [2.45, 2.75) is 64.6 Å². The molecular formula is C20H30N2OSi. The van der Waals surface area contributed by atoms with Crippen LogP contribution in [0.3, 0.4) is 0 Å². The highest BCUT2D eigenvalue weighted by atomic mass is 28.4. The van der Waals surface area contributed by atoms with Crippen LogP contribution in [0.2, 0.25) is 18.1 Å². The number of rotatable bonds is 6. The molecule has 0 bridgehead atoms. The van der Waals surface area contributed by atoms with Gasteiger partial charge in [0, 0.05) is 18.2 Å². The van der Waals surface area contributed by atoms with Gasteiger partial charge in [0.2, 0.25) is 0 Å². The van der Waals surface area contributed by atoms with Crippen molar-refractivity contribution in [3.63, 3.8) is 0 Å². The average molecular weight is 343 g/mol. The highest BCUT2D eigenvalue weighted by molar-refractivity contribution is 6.74. The molecule has 1 unspecified atom stereocenters. The molecule has 1 heterocycles. The maximum atomic E-state index is 9.35. The van der Waals surface area contributed by atoms with Crippen LogP contribution in [-0.2, 0) is 4.43 Å². The monoisotopic (exact) mass is 342 g/mol. The van der Waals surface area contributed by atoms with Crippen molar-refractivity contribution in [2.75, 3.05) is 6.61 Å². The summed E-state index contributed by atoms with van der Waals surface area (Å²) in [5.41, 5.74) is 2.91. The molecule has 0 radical (unpaired) electrons. The van der Waals surface area contributed by atoms with Crippen LogP contribution >= 0.6 is 0 Å². The Balaban J connectivity index is 1.96. The van der Waals surface area contributed by atoms with Crippen LogP contribution in [0.5, 0.6) is 0 Å². The van der Waals surface area contributed by atoms with Gasteiger partial charge in [0.25, 0.3) is 0 Å². The molecule has 1 N–H and O–H groups in total. The first-order chi connectivity index (χ1) is 11.2. The molecule has 2 rings (SSSR count). The van der Waals surface area contributed by atoms with E-state index in [1.165, 1.54) is 5.56 Å². The molecule has 3 nitrogen and oxygen atoms in total. The zero-order chi connectivity index (χ0) is 18.0. The van der Waals surface area contributed by atoms with Gasteiger partial charge in [-0.05, 0) is 60.7 Å². The van der Waals surface area contributed by atoms with Crippen LogP contribution < -0.4 is 0 Å². The van der Waals surface area contributed by atoms with E-state index < -0.39 is 8.32 Å². The summed E-state index contributed by atoms with van der Waals surface area (Å²) < 4.78 is 6.26. The van der Waals surface area contributed by atoms with Gasteiger partial charge in [0.05, 0.1) is 11.1 Å². The van der Waals surface area contributed by atoms with E-state index >= 15 is 0 Å². The first kappa shape index (κ1) is 18.8. The molecule has 0 aliphatic carbocycles. The molecule has 0 amide bonds. The Morgan fingerprint density at radius 1 is 1.29 bits per heavy atom. The zero-order valence-electron chi connectivity index (χ0n) is 15.9. The van der Waals surface area contributed by atoms with E-state index in [2.05, 4.69) is 57.9 Å². The Morgan fingerprint density at radius 3 is 2.62 bits per heavy atom. The standard InChI is InChI=1S/C20H30N2OSi/c1-15(8-7-11-23-24(5,6)20(2,3)4)17-12-16-9-10-22-19(16)18(13-17)14-21/h9-10,12-13,15,22H,7-8,11H2,1-6H3. The van der Waals surface area contributed by atoms with Gasteiger partial charge in [-0.3, -0.25) is 0 Å². The Bertz CT molecular complexity index is 734. The highest BCUT2D eigenvalue weighted by Crippen LogP contribution is 2.36. The van der Waals surface area contributed by atoms with Crippen molar-refractivity contribution >= 4 is 19.2 Å². The van der Waals surface area contributed by atoms with Crippen molar-refractivity contribution in [2.24, 2.45) is 0 Å². The summed E-state index contributed by atoms with van der Waals surface area (Å²) in [7, 11) is -1.65. The van der Waals surface area contributed by atoms with Crippen molar-refractivity contribution in [1.82, 2.24) is 4.98 Å². The van der Waals surface area contributed by atoms with Crippen LogP contribution in [0.1, 0.15) is 57.6 Å². The van der Waals surface area contributed by atoms with Crippen molar-refractivity contribution in [1.29, 1.82) is 5.26 Å². The number of nitrogens with one attached hydrogen (secondary N) is 1. The van der Waals surface area contributed by atoms with Crippen molar-refractivity contribution in [3.05, 3.63) is 35.5 Å². The molecule has 0 aliphatic rings. The van der Waals surface area contributed by atoms with Crippen LogP contribution in [0.15, 0.2) is 24.4 Å². The molecule has 4 heteroatoms. The van der Waals surface area contributed by atoms with E-state index in [4.69, 9.17) is 4.43 Å². The molecular weight excluding hydrogens is 312 g/mol. The molecule has 1 atom stereocenters. The topological polar surface area (TPSA) is 48.8 Å². The largest absolute Gasteiger partial charge is 0.417 e. The molecule has 130 valence electrons. The van der Waals surface area contributed by atoms with E-state index in [1.54, 1.807) is 0 Å². The third-order valence-electron chi connectivity index (χ3n) is 5.42. The van der Waals surface area contributed by atoms with Gasteiger partial charge in [0.1, 0.15) is 6.07 Å². The number of fused-ring (bicyclic) bond motifs is 1. The number of hydrogen-bond donors (Lipinski definition) is 1. The zero-order valence-corrected chi connectivity index (χ0v) is 16.9. The maximum Gasteiger partial charge on any atom is 0.191 e. The molecule has 1 aromatic heterocycles. The minimum absolute atomic E-state index is 0.264. The number of nitriles is 1. The number of benzene rings is 1. The Morgan fingerprint density at radius 2 is 2.00 bits per heavy atom. The Hall–Kier alpha value is -1.57. The summed E-state index contributed by atoms with van der Waals surface area (Å²) in [6.07, 6.45) is 4.03. The third-order valence-corrected chi connectivity index (χ3v) is 9.96. The second-order valence-corrected chi connectivity index (χ2v) is 13.1. The normalized spacial score (nSPS) is 13.9. The first-order valence-electron chi connectivity index (χ1n) is 8.81. The van der Waals surface area contributed by atoms with E-state index in [0.717, 1.165) is 35.9 Å². The highest BCUT2D eigenvalue weighted by Gasteiger charge is 2.36. The lowest BCUT2D eigenvalue weighted by atomic mass is 9.93. The predicted octanol–water partition coefficient (Wildman–Crippen LogP) is 5.95. The first-order valence-corrected chi connectivity index (χ1v) is 11.7. The Kier molecular flexibility index (Phi) is 5.57. The summed E-state index contributed by atoms with van der Waals surface area (Å²) in [4.78, 5) is 3.15. The van der Waals surface area contributed by atoms with Crippen LogP contribution in [0.25, 0.3) is 10.9 Å². The molecule has 0 saturated heterocycles. The average Bonchev–Trinajstić information content (AvgIpc) is 2.97. The molecule has 2 aromatic rings. The second kappa shape index (κ2) is 7.12. The van der Waals surface area contributed by atoms with E-state index in [1.807, 2.05) is 18.3 Å². The fourth-order valence-electron chi connectivity index (χ4n) is 2.67. The number of aromatic amines is 1. The van der Waals surface area contributed by atoms with Crippen molar-refractivity contribution in [3.8, 4) is 6.07 Å². The lowest BCUT2D eigenvalue weighted by Gasteiger charge is -2.36. The molecule has 0 aliphatic heterocycles. The second-order valence-electron chi connectivity index (χ2n) is 8.27. The number of aromatic nitrogens is 1. The molecule has 1 aromatic carbocycles. The minimum Gasteiger partial charge on any atom is -0.417 e. The van der Waals surface area contributed by atoms with Gasteiger partial charge in [-0.1, -0.05) is 27.7 Å². The smallest absolute Gasteiger partial charge is 0.191 e. The Labute approximate surface area is 147 Å².